The standard InChI is InChI=1S/C19H31N3O3/c1-3-20-19(21-11-14-24-16-15-23-2)22-12-9-18(10-13-22)25-17-7-5-4-6-8-17/h4-8,18H,3,9-16H2,1-2H3,(H,20,21). The Bertz CT molecular complexity index is 488. The average molecular weight is 349 g/mol. The summed E-state index contributed by atoms with van der Waals surface area (Å²) in [5, 5.41) is 3.37. The lowest BCUT2D eigenvalue weighted by Crippen LogP contribution is -2.47. The Labute approximate surface area is 151 Å². The van der Waals surface area contributed by atoms with Crippen molar-refractivity contribution >= 4 is 5.96 Å². The highest BCUT2D eigenvalue weighted by Crippen LogP contribution is 2.18. The van der Waals surface area contributed by atoms with E-state index in [1.165, 1.54) is 0 Å². The van der Waals surface area contributed by atoms with Crippen LogP contribution in [0.5, 0.6) is 5.75 Å². The van der Waals surface area contributed by atoms with E-state index in [1.54, 1.807) is 7.11 Å². The molecule has 0 atom stereocenters. The highest BCUT2D eigenvalue weighted by molar-refractivity contribution is 5.80. The molecule has 0 radical (unpaired) electrons. The van der Waals surface area contributed by atoms with Crippen LogP contribution in [0, 0.1) is 0 Å². The fraction of sp³-hybridized carbons (Fsp3) is 0.632. The first-order chi connectivity index (χ1) is 12.3. The molecule has 1 aromatic rings. The van der Waals surface area contributed by atoms with Crippen molar-refractivity contribution in [3.63, 3.8) is 0 Å². The van der Waals surface area contributed by atoms with E-state index in [2.05, 4.69) is 22.1 Å². The zero-order chi connectivity index (χ0) is 17.7. The lowest BCUT2D eigenvalue weighted by Gasteiger charge is -2.34. The number of guanidine groups is 1. The van der Waals surface area contributed by atoms with E-state index in [9.17, 15) is 0 Å². The maximum Gasteiger partial charge on any atom is 0.193 e. The summed E-state index contributed by atoms with van der Waals surface area (Å²) in [6.45, 7) is 7.38. The van der Waals surface area contributed by atoms with E-state index >= 15 is 0 Å². The molecule has 25 heavy (non-hydrogen) atoms. The lowest BCUT2D eigenvalue weighted by atomic mass is 10.1. The summed E-state index contributed by atoms with van der Waals surface area (Å²) in [4.78, 5) is 6.98. The van der Waals surface area contributed by atoms with E-state index in [0.29, 0.717) is 26.4 Å². The van der Waals surface area contributed by atoms with Gasteiger partial charge < -0.3 is 24.4 Å². The maximum absolute atomic E-state index is 6.06. The fourth-order valence-corrected chi connectivity index (χ4v) is 2.76. The van der Waals surface area contributed by atoms with Crippen molar-refractivity contribution in [2.75, 3.05) is 53.1 Å². The highest BCUT2D eigenvalue weighted by Gasteiger charge is 2.22. The van der Waals surface area contributed by atoms with Gasteiger partial charge in [-0.05, 0) is 19.1 Å². The summed E-state index contributed by atoms with van der Waals surface area (Å²) < 4.78 is 16.5. The number of piperidine rings is 1. The van der Waals surface area contributed by atoms with Gasteiger partial charge in [-0.15, -0.1) is 0 Å². The van der Waals surface area contributed by atoms with Gasteiger partial charge in [-0.25, -0.2) is 0 Å². The molecular formula is C19H31N3O3. The van der Waals surface area contributed by atoms with Gasteiger partial charge in [0, 0.05) is 39.6 Å². The number of ether oxygens (including phenoxy) is 3. The van der Waals surface area contributed by atoms with Crippen LogP contribution in [0.2, 0.25) is 0 Å². The maximum atomic E-state index is 6.06. The van der Waals surface area contributed by atoms with Crippen molar-refractivity contribution < 1.29 is 14.2 Å². The summed E-state index contributed by atoms with van der Waals surface area (Å²) in [6, 6.07) is 10.1. The molecule has 2 rings (SSSR count). The predicted molar refractivity (Wildman–Crippen MR) is 100 cm³/mol. The minimum atomic E-state index is 0.277. The van der Waals surface area contributed by atoms with Crippen molar-refractivity contribution in [2.45, 2.75) is 25.9 Å². The van der Waals surface area contributed by atoms with Gasteiger partial charge >= 0.3 is 0 Å². The monoisotopic (exact) mass is 349 g/mol. The Morgan fingerprint density at radius 2 is 1.92 bits per heavy atom. The van der Waals surface area contributed by atoms with Crippen LogP contribution < -0.4 is 10.1 Å². The molecule has 1 heterocycles. The second kappa shape index (κ2) is 11.7. The van der Waals surface area contributed by atoms with Crippen LogP contribution >= 0.6 is 0 Å². The minimum absolute atomic E-state index is 0.277. The number of likely N-dealkylation sites (tertiary alicyclic amines) is 1. The zero-order valence-corrected chi connectivity index (χ0v) is 15.4. The summed E-state index contributed by atoms with van der Waals surface area (Å²) in [5.74, 6) is 1.92. The van der Waals surface area contributed by atoms with Gasteiger partial charge in [-0.2, -0.15) is 0 Å². The molecule has 1 fully saturated rings. The second-order valence-corrected chi connectivity index (χ2v) is 5.96. The van der Waals surface area contributed by atoms with Gasteiger partial charge in [-0.3, -0.25) is 4.99 Å². The molecule has 1 saturated heterocycles. The molecule has 6 nitrogen and oxygen atoms in total. The van der Waals surface area contributed by atoms with Crippen molar-refractivity contribution in [3.05, 3.63) is 30.3 Å². The topological polar surface area (TPSA) is 55.3 Å². The van der Waals surface area contributed by atoms with Gasteiger partial charge in [0.1, 0.15) is 11.9 Å². The van der Waals surface area contributed by atoms with Crippen LogP contribution in [0.4, 0.5) is 0 Å². The Hall–Kier alpha value is -1.79. The highest BCUT2D eigenvalue weighted by atomic mass is 16.5. The van der Waals surface area contributed by atoms with Crippen LogP contribution in [0.25, 0.3) is 0 Å². The first-order valence-electron chi connectivity index (χ1n) is 9.15. The van der Waals surface area contributed by atoms with Crippen molar-refractivity contribution in [2.24, 2.45) is 4.99 Å². The van der Waals surface area contributed by atoms with Crippen molar-refractivity contribution in [3.8, 4) is 5.75 Å². The molecule has 1 N–H and O–H groups in total. The second-order valence-electron chi connectivity index (χ2n) is 5.96. The largest absolute Gasteiger partial charge is 0.490 e. The number of benzene rings is 1. The fourth-order valence-electron chi connectivity index (χ4n) is 2.76. The molecule has 1 aromatic carbocycles. The Morgan fingerprint density at radius 3 is 2.60 bits per heavy atom. The predicted octanol–water partition coefficient (Wildman–Crippen LogP) is 2.16. The van der Waals surface area contributed by atoms with E-state index in [-0.39, 0.29) is 6.10 Å². The number of methoxy groups -OCH3 is 1. The molecule has 0 aliphatic carbocycles. The van der Waals surface area contributed by atoms with Gasteiger partial charge in [0.05, 0.1) is 26.4 Å². The van der Waals surface area contributed by atoms with Gasteiger partial charge in [0.2, 0.25) is 0 Å². The molecule has 0 saturated carbocycles. The third kappa shape index (κ3) is 7.32. The zero-order valence-electron chi connectivity index (χ0n) is 15.4. The third-order valence-corrected chi connectivity index (χ3v) is 4.05. The summed E-state index contributed by atoms with van der Waals surface area (Å²) in [6.07, 6.45) is 2.28. The molecule has 140 valence electrons. The Morgan fingerprint density at radius 1 is 1.16 bits per heavy atom. The third-order valence-electron chi connectivity index (χ3n) is 4.05. The Kier molecular flexibility index (Phi) is 9.15. The van der Waals surface area contributed by atoms with Gasteiger partial charge in [-0.1, -0.05) is 18.2 Å². The SMILES string of the molecule is CCNC(=NCCOCCOC)N1CCC(Oc2ccccc2)CC1. The van der Waals surface area contributed by atoms with E-state index in [4.69, 9.17) is 14.2 Å². The van der Waals surface area contributed by atoms with E-state index < -0.39 is 0 Å². The average Bonchev–Trinajstić information content (AvgIpc) is 2.65. The van der Waals surface area contributed by atoms with Gasteiger partial charge in [0.15, 0.2) is 5.96 Å². The molecule has 1 aliphatic heterocycles. The number of rotatable bonds is 9. The van der Waals surface area contributed by atoms with Crippen molar-refractivity contribution in [1.82, 2.24) is 10.2 Å². The number of nitrogens with zero attached hydrogens (tertiary/aromatic N) is 2. The normalized spacial score (nSPS) is 16.1. The molecule has 0 aromatic heterocycles. The van der Waals surface area contributed by atoms with E-state index in [0.717, 1.165) is 44.2 Å². The minimum Gasteiger partial charge on any atom is -0.490 e. The summed E-state index contributed by atoms with van der Waals surface area (Å²) in [7, 11) is 1.68. The molecule has 1 aliphatic rings. The quantitative estimate of drug-likeness (QED) is 0.421. The Balaban J connectivity index is 1.75. The van der Waals surface area contributed by atoms with E-state index in [1.807, 2.05) is 30.3 Å². The first kappa shape index (κ1) is 19.5. The first-order valence-corrected chi connectivity index (χ1v) is 9.15. The summed E-state index contributed by atoms with van der Waals surface area (Å²) in [5.41, 5.74) is 0. The molecule has 0 spiro atoms. The smallest absolute Gasteiger partial charge is 0.193 e. The van der Waals surface area contributed by atoms with Crippen LogP contribution in [0.3, 0.4) is 0 Å². The molecule has 6 heteroatoms. The number of nitrogens with one attached hydrogen (secondary N) is 1. The number of hydrogen-bond acceptors (Lipinski definition) is 4. The molecule has 0 amide bonds. The number of para-hydroxylation sites is 1. The summed E-state index contributed by atoms with van der Waals surface area (Å²) >= 11 is 0. The van der Waals surface area contributed by atoms with Gasteiger partial charge in [0.25, 0.3) is 0 Å². The number of hydrogen-bond donors (Lipinski definition) is 1. The lowest BCUT2D eigenvalue weighted by molar-refractivity contribution is 0.0746. The van der Waals surface area contributed by atoms with Crippen molar-refractivity contribution in [1.29, 1.82) is 0 Å². The van der Waals surface area contributed by atoms with Crippen LogP contribution in [0.1, 0.15) is 19.8 Å². The molecule has 0 bridgehead atoms. The molecular weight excluding hydrogens is 318 g/mol. The van der Waals surface area contributed by atoms with Crippen LogP contribution in [0.15, 0.2) is 35.3 Å². The number of aliphatic imine (C=N–C) groups is 1. The van der Waals surface area contributed by atoms with Crippen LogP contribution in [-0.4, -0.2) is 70.1 Å². The molecule has 0 unspecified atom stereocenters. The van der Waals surface area contributed by atoms with Crippen LogP contribution in [-0.2, 0) is 9.47 Å².